The van der Waals surface area contributed by atoms with E-state index >= 15 is 0 Å². The van der Waals surface area contributed by atoms with Gasteiger partial charge in [-0.2, -0.15) is 0 Å². The number of anilines is 1. The minimum atomic E-state index is -1.78. The van der Waals surface area contributed by atoms with Crippen molar-refractivity contribution in [2.24, 2.45) is 11.8 Å². The second kappa shape index (κ2) is 5.88. The lowest BCUT2D eigenvalue weighted by atomic mass is 9.51. The maximum atomic E-state index is 13.8. The fraction of sp³-hybridized carbons (Fsp3) is 0.200. The van der Waals surface area contributed by atoms with Gasteiger partial charge in [-0.1, -0.05) is 66.7 Å². The summed E-state index contributed by atoms with van der Waals surface area (Å²) in [7, 11) is 0. The molecule has 1 saturated heterocycles. The van der Waals surface area contributed by atoms with E-state index in [1.54, 1.807) is 36.4 Å². The Balaban J connectivity index is 1.69. The number of carbonyl (C=O) groups is 2. The molecule has 152 valence electrons. The number of rotatable bonds is 2. The third kappa shape index (κ3) is 1.93. The second-order valence-corrected chi connectivity index (χ2v) is 8.48. The number of benzene rings is 3. The molecule has 1 aliphatic heterocycles. The van der Waals surface area contributed by atoms with Crippen molar-refractivity contribution < 1.29 is 14.5 Å². The molecule has 3 aromatic rings. The Morgan fingerprint density at radius 1 is 0.839 bits per heavy atom. The zero-order valence-corrected chi connectivity index (χ0v) is 16.7. The van der Waals surface area contributed by atoms with Crippen molar-refractivity contribution >= 4 is 17.5 Å². The van der Waals surface area contributed by atoms with Crippen molar-refractivity contribution in [1.29, 1.82) is 0 Å². The highest BCUT2D eigenvalue weighted by Gasteiger charge is 2.74. The number of carbonyl (C=O) groups excluding carboxylic acids is 2. The SMILES string of the molecule is Cc1ccccc1N1C(=O)[C@@H]2[C@@H](C1=O)C1c3ccccc3C2([N+](=O)[O-])c2ccccc21. The Hall–Kier alpha value is -3.80. The Morgan fingerprint density at radius 3 is 1.97 bits per heavy atom. The van der Waals surface area contributed by atoms with Crippen LogP contribution in [0.1, 0.15) is 33.7 Å². The number of amides is 2. The van der Waals surface area contributed by atoms with E-state index in [1.807, 2.05) is 43.3 Å². The predicted octanol–water partition coefficient (Wildman–Crippen LogP) is 3.78. The maximum absolute atomic E-state index is 13.8. The van der Waals surface area contributed by atoms with E-state index in [0.717, 1.165) is 16.7 Å². The van der Waals surface area contributed by atoms with Crippen LogP contribution >= 0.6 is 0 Å². The number of hydrogen-bond donors (Lipinski definition) is 0. The Kier molecular flexibility index (Phi) is 3.41. The standard InChI is InChI=1S/C25H18N2O4/c1-14-8-2-7-13-19(14)26-23(28)21-20-15-9-3-5-11-17(15)25(27(30)31,22(21)24(26)29)18-12-6-4-10-16(18)20/h2-13,20-22H,1H3/t20?,21-,22-,25?/m0/s1. The lowest BCUT2D eigenvalue weighted by molar-refractivity contribution is -0.578. The van der Waals surface area contributed by atoms with E-state index in [0.29, 0.717) is 16.8 Å². The monoisotopic (exact) mass is 410 g/mol. The average Bonchev–Trinajstić information content (AvgIpc) is 3.05. The summed E-state index contributed by atoms with van der Waals surface area (Å²) in [6, 6.07) is 21.6. The summed E-state index contributed by atoms with van der Waals surface area (Å²) in [6.45, 7) is 1.83. The summed E-state index contributed by atoms with van der Waals surface area (Å²) in [5, 5.41) is 12.9. The topological polar surface area (TPSA) is 80.5 Å². The summed E-state index contributed by atoms with van der Waals surface area (Å²) >= 11 is 0. The van der Waals surface area contributed by atoms with Gasteiger partial charge < -0.3 is 0 Å². The zero-order chi connectivity index (χ0) is 21.5. The first-order chi connectivity index (χ1) is 15.0. The number of hydrogen-bond acceptors (Lipinski definition) is 4. The smallest absolute Gasteiger partial charge is 0.274 e. The third-order valence-electron chi connectivity index (χ3n) is 7.22. The summed E-state index contributed by atoms with van der Waals surface area (Å²) in [5.74, 6) is -3.11. The van der Waals surface area contributed by atoms with Crippen LogP contribution in [0.15, 0.2) is 72.8 Å². The first-order valence-electron chi connectivity index (χ1n) is 10.3. The third-order valence-corrected chi connectivity index (χ3v) is 7.22. The zero-order valence-electron chi connectivity index (χ0n) is 16.7. The van der Waals surface area contributed by atoms with Crippen LogP contribution in [0, 0.1) is 28.9 Å². The molecule has 0 N–H and O–H groups in total. The molecule has 0 saturated carbocycles. The molecule has 0 radical (unpaired) electrons. The molecule has 1 heterocycles. The van der Waals surface area contributed by atoms with E-state index in [-0.39, 0.29) is 16.7 Å². The Morgan fingerprint density at radius 2 is 1.39 bits per heavy atom. The molecule has 7 rings (SSSR count). The molecule has 2 amide bonds. The normalized spacial score (nSPS) is 27.6. The quantitative estimate of drug-likeness (QED) is 0.366. The molecule has 1 fully saturated rings. The fourth-order valence-electron chi connectivity index (χ4n) is 6.09. The van der Waals surface area contributed by atoms with Crippen molar-refractivity contribution in [3.63, 3.8) is 0 Å². The lowest BCUT2D eigenvalue weighted by Gasteiger charge is -2.48. The highest BCUT2D eigenvalue weighted by molar-refractivity contribution is 6.24. The molecule has 6 heteroatoms. The molecular formula is C25H18N2O4. The minimum Gasteiger partial charge on any atom is -0.274 e. The van der Waals surface area contributed by atoms with Crippen LogP contribution in [-0.2, 0) is 15.1 Å². The lowest BCUT2D eigenvalue weighted by Crippen LogP contribution is -2.57. The van der Waals surface area contributed by atoms with Gasteiger partial charge in [-0.05, 0) is 29.7 Å². The molecule has 2 atom stereocenters. The highest BCUT2D eigenvalue weighted by Crippen LogP contribution is 2.64. The average molecular weight is 410 g/mol. The molecule has 3 aliphatic carbocycles. The molecule has 0 unspecified atom stereocenters. The Labute approximate surface area is 178 Å². The molecule has 0 aromatic heterocycles. The van der Waals surface area contributed by atoms with Gasteiger partial charge in [0.2, 0.25) is 11.8 Å². The van der Waals surface area contributed by atoms with E-state index in [1.165, 1.54) is 4.90 Å². The number of para-hydroxylation sites is 1. The van der Waals surface area contributed by atoms with Crippen LogP contribution < -0.4 is 4.90 Å². The number of nitrogens with zero attached hydrogens (tertiary/aromatic N) is 2. The predicted molar refractivity (Wildman–Crippen MR) is 113 cm³/mol. The van der Waals surface area contributed by atoms with Gasteiger partial charge in [0.15, 0.2) is 0 Å². The van der Waals surface area contributed by atoms with Crippen LogP contribution in [-0.4, -0.2) is 16.7 Å². The van der Waals surface area contributed by atoms with E-state index in [9.17, 15) is 19.7 Å². The fourth-order valence-corrected chi connectivity index (χ4v) is 6.09. The molecular weight excluding hydrogens is 392 g/mol. The molecule has 31 heavy (non-hydrogen) atoms. The number of aryl methyl sites for hydroxylation is 1. The van der Waals surface area contributed by atoms with Crippen LogP contribution in [0.5, 0.6) is 0 Å². The molecule has 0 spiro atoms. The van der Waals surface area contributed by atoms with Crippen LogP contribution in [0.3, 0.4) is 0 Å². The number of nitro groups is 1. The van der Waals surface area contributed by atoms with Crippen molar-refractivity contribution in [2.75, 3.05) is 4.90 Å². The van der Waals surface area contributed by atoms with Crippen LogP contribution in [0.2, 0.25) is 0 Å². The van der Waals surface area contributed by atoms with Crippen LogP contribution in [0.4, 0.5) is 5.69 Å². The summed E-state index contributed by atoms with van der Waals surface area (Å²) in [6.07, 6.45) is 0. The number of imide groups is 1. The summed E-state index contributed by atoms with van der Waals surface area (Å²) < 4.78 is 0. The maximum Gasteiger partial charge on any atom is 0.285 e. The van der Waals surface area contributed by atoms with Gasteiger partial charge in [-0.15, -0.1) is 0 Å². The molecule has 6 nitrogen and oxygen atoms in total. The van der Waals surface area contributed by atoms with E-state index < -0.39 is 23.3 Å². The molecule has 3 aromatic carbocycles. The molecule has 2 bridgehead atoms. The summed E-state index contributed by atoms with van der Waals surface area (Å²) in [5.41, 5.74) is 2.09. The van der Waals surface area contributed by atoms with Gasteiger partial charge in [0.25, 0.3) is 5.54 Å². The van der Waals surface area contributed by atoms with Crippen LogP contribution in [0.25, 0.3) is 0 Å². The first kappa shape index (κ1) is 18.0. The Bertz CT molecular complexity index is 1270. The van der Waals surface area contributed by atoms with Gasteiger partial charge in [-0.3, -0.25) is 19.7 Å². The minimum absolute atomic E-state index is 0.343. The molecule has 4 aliphatic rings. The second-order valence-electron chi connectivity index (χ2n) is 8.48. The van der Waals surface area contributed by atoms with Gasteiger partial charge in [0, 0.05) is 22.0 Å². The van der Waals surface area contributed by atoms with Gasteiger partial charge >= 0.3 is 0 Å². The first-order valence-corrected chi connectivity index (χ1v) is 10.3. The van der Waals surface area contributed by atoms with Crippen molar-refractivity contribution in [1.82, 2.24) is 0 Å². The van der Waals surface area contributed by atoms with Gasteiger partial charge in [-0.25, -0.2) is 4.90 Å². The van der Waals surface area contributed by atoms with E-state index in [4.69, 9.17) is 0 Å². The van der Waals surface area contributed by atoms with Gasteiger partial charge in [0.1, 0.15) is 5.92 Å². The van der Waals surface area contributed by atoms with E-state index in [2.05, 4.69) is 0 Å². The highest BCUT2D eigenvalue weighted by atomic mass is 16.6. The largest absolute Gasteiger partial charge is 0.285 e. The van der Waals surface area contributed by atoms with Crippen molar-refractivity contribution in [3.8, 4) is 0 Å². The summed E-state index contributed by atoms with van der Waals surface area (Å²) in [4.78, 5) is 41.3. The van der Waals surface area contributed by atoms with Gasteiger partial charge in [0.05, 0.1) is 11.6 Å². The van der Waals surface area contributed by atoms with Crippen molar-refractivity contribution in [3.05, 3.63) is 111 Å². The van der Waals surface area contributed by atoms with Crippen molar-refractivity contribution in [2.45, 2.75) is 18.4 Å².